The summed E-state index contributed by atoms with van der Waals surface area (Å²) in [5.41, 5.74) is 2.92. The van der Waals surface area contributed by atoms with E-state index in [4.69, 9.17) is 4.74 Å². The van der Waals surface area contributed by atoms with Gasteiger partial charge in [-0.25, -0.2) is 0 Å². The summed E-state index contributed by atoms with van der Waals surface area (Å²) < 4.78 is 5.62. The molecule has 0 radical (unpaired) electrons. The van der Waals surface area contributed by atoms with E-state index in [0.717, 1.165) is 17.1 Å². The first kappa shape index (κ1) is 15.9. The molecule has 0 aliphatic rings. The van der Waals surface area contributed by atoms with Crippen LogP contribution in [0.25, 0.3) is 0 Å². The van der Waals surface area contributed by atoms with Crippen molar-refractivity contribution in [2.24, 2.45) is 0 Å². The van der Waals surface area contributed by atoms with Crippen LogP contribution in [0.15, 0.2) is 48.5 Å². The van der Waals surface area contributed by atoms with Crippen molar-refractivity contribution in [3.63, 3.8) is 0 Å². The Bertz CT molecular complexity index is 621. The van der Waals surface area contributed by atoms with E-state index in [1.165, 1.54) is 12.5 Å². The average molecular weight is 298 g/mol. The van der Waals surface area contributed by atoms with Gasteiger partial charge in [0.2, 0.25) is 5.91 Å². The molecule has 0 bridgehead atoms. The molecule has 0 aliphatic heterocycles. The molecule has 0 atom stereocenters. The van der Waals surface area contributed by atoms with E-state index in [1.807, 2.05) is 62.4 Å². The number of ether oxygens (including phenoxy) is 1. The highest BCUT2D eigenvalue weighted by molar-refractivity contribution is 5.89. The zero-order valence-electron chi connectivity index (χ0n) is 13.2. The van der Waals surface area contributed by atoms with Gasteiger partial charge in [-0.1, -0.05) is 18.2 Å². The van der Waals surface area contributed by atoms with Gasteiger partial charge in [0.1, 0.15) is 5.75 Å². The third-order valence-electron chi connectivity index (χ3n) is 2.97. The first-order chi connectivity index (χ1) is 10.5. The molecule has 0 saturated carbocycles. The molecule has 22 heavy (non-hydrogen) atoms. The minimum atomic E-state index is -0.0714. The number of carbonyl (C=O) groups excluding carboxylic acids is 1. The lowest BCUT2D eigenvalue weighted by Gasteiger charge is -2.11. The first-order valence-electron chi connectivity index (χ1n) is 7.40. The highest BCUT2D eigenvalue weighted by Crippen LogP contribution is 2.18. The molecule has 2 aromatic carbocycles. The maximum absolute atomic E-state index is 11.1. The molecule has 2 aromatic rings. The Morgan fingerprint density at radius 3 is 2.41 bits per heavy atom. The van der Waals surface area contributed by atoms with Crippen LogP contribution in [0.4, 0.5) is 11.4 Å². The predicted molar refractivity (Wildman–Crippen MR) is 90.3 cm³/mol. The summed E-state index contributed by atoms with van der Waals surface area (Å²) in [7, 11) is 0. The number of hydrogen-bond donors (Lipinski definition) is 2. The third-order valence-corrected chi connectivity index (χ3v) is 2.97. The Morgan fingerprint density at radius 2 is 1.77 bits per heavy atom. The SMILES string of the molecule is CC(=O)Nc1cccc(NCc2ccc(OC(C)C)cc2)c1. The third kappa shape index (κ3) is 5.13. The van der Waals surface area contributed by atoms with Crippen LogP contribution >= 0.6 is 0 Å². The van der Waals surface area contributed by atoms with Gasteiger partial charge in [0.15, 0.2) is 0 Å². The molecule has 0 aromatic heterocycles. The van der Waals surface area contributed by atoms with E-state index in [2.05, 4.69) is 10.6 Å². The lowest BCUT2D eigenvalue weighted by atomic mass is 10.2. The lowest BCUT2D eigenvalue weighted by Crippen LogP contribution is -2.07. The molecule has 4 nitrogen and oxygen atoms in total. The number of nitrogens with one attached hydrogen (secondary N) is 2. The summed E-state index contributed by atoms with van der Waals surface area (Å²) in [5, 5.41) is 6.12. The fourth-order valence-corrected chi connectivity index (χ4v) is 2.07. The van der Waals surface area contributed by atoms with Crippen LogP contribution in [0, 0.1) is 0 Å². The molecular weight excluding hydrogens is 276 g/mol. The summed E-state index contributed by atoms with van der Waals surface area (Å²) in [6, 6.07) is 15.7. The summed E-state index contributed by atoms with van der Waals surface area (Å²) >= 11 is 0. The Morgan fingerprint density at radius 1 is 1.09 bits per heavy atom. The molecule has 0 spiro atoms. The second-order valence-electron chi connectivity index (χ2n) is 5.43. The zero-order valence-corrected chi connectivity index (χ0v) is 13.2. The molecule has 0 heterocycles. The minimum Gasteiger partial charge on any atom is -0.491 e. The van der Waals surface area contributed by atoms with Crippen LogP contribution in [-0.4, -0.2) is 12.0 Å². The lowest BCUT2D eigenvalue weighted by molar-refractivity contribution is -0.114. The molecule has 2 rings (SSSR count). The van der Waals surface area contributed by atoms with Crippen molar-refractivity contribution in [3.05, 3.63) is 54.1 Å². The molecule has 116 valence electrons. The molecule has 0 aliphatic carbocycles. The Hall–Kier alpha value is -2.49. The highest BCUT2D eigenvalue weighted by atomic mass is 16.5. The van der Waals surface area contributed by atoms with Crippen molar-refractivity contribution in [1.29, 1.82) is 0 Å². The summed E-state index contributed by atoms with van der Waals surface area (Å²) in [6.45, 7) is 6.24. The number of benzene rings is 2. The molecule has 0 unspecified atom stereocenters. The van der Waals surface area contributed by atoms with E-state index >= 15 is 0 Å². The largest absolute Gasteiger partial charge is 0.491 e. The summed E-state index contributed by atoms with van der Waals surface area (Å²) in [4.78, 5) is 11.1. The maximum atomic E-state index is 11.1. The minimum absolute atomic E-state index is 0.0714. The van der Waals surface area contributed by atoms with E-state index < -0.39 is 0 Å². The summed E-state index contributed by atoms with van der Waals surface area (Å²) in [5.74, 6) is 0.810. The number of carbonyl (C=O) groups is 1. The second-order valence-corrected chi connectivity index (χ2v) is 5.43. The van der Waals surface area contributed by atoms with Crippen LogP contribution in [0.2, 0.25) is 0 Å². The van der Waals surface area contributed by atoms with Gasteiger partial charge in [0.05, 0.1) is 6.10 Å². The molecule has 0 saturated heterocycles. The standard InChI is InChI=1S/C18H22N2O2/c1-13(2)22-18-9-7-15(8-10-18)12-19-16-5-4-6-17(11-16)20-14(3)21/h4-11,13,19H,12H2,1-3H3,(H,20,21). The highest BCUT2D eigenvalue weighted by Gasteiger charge is 2.00. The molecule has 4 heteroatoms. The Kier molecular flexibility index (Phi) is 5.42. The number of amides is 1. The zero-order chi connectivity index (χ0) is 15.9. The van der Waals surface area contributed by atoms with Crippen LogP contribution in [0.1, 0.15) is 26.3 Å². The van der Waals surface area contributed by atoms with Crippen molar-refractivity contribution in [2.75, 3.05) is 10.6 Å². The van der Waals surface area contributed by atoms with Gasteiger partial charge in [0.25, 0.3) is 0 Å². The predicted octanol–water partition coefficient (Wildman–Crippen LogP) is 4.04. The van der Waals surface area contributed by atoms with Gasteiger partial charge < -0.3 is 15.4 Å². The van der Waals surface area contributed by atoms with Gasteiger partial charge >= 0.3 is 0 Å². The number of anilines is 2. The van der Waals surface area contributed by atoms with Crippen LogP contribution in [0.5, 0.6) is 5.75 Å². The quantitative estimate of drug-likeness (QED) is 0.846. The molecule has 2 N–H and O–H groups in total. The van der Waals surface area contributed by atoms with E-state index in [-0.39, 0.29) is 12.0 Å². The first-order valence-corrected chi connectivity index (χ1v) is 7.40. The van der Waals surface area contributed by atoms with Crippen molar-refractivity contribution >= 4 is 17.3 Å². The van der Waals surface area contributed by atoms with Crippen molar-refractivity contribution < 1.29 is 9.53 Å². The van der Waals surface area contributed by atoms with Crippen LogP contribution in [-0.2, 0) is 11.3 Å². The normalized spacial score (nSPS) is 10.4. The van der Waals surface area contributed by atoms with Gasteiger partial charge in [-0.2, -0.15) is 0 Å². The van der Waals surface area contributed by atoms with Gasteiger partial charge in [-0.05, 0) is 49.7 Å². The summed E-state index contributed by atoms with van der Waals surface area (Å²) in [6.07, 6.45) is 0.181. The van der Waals surface area contributed by atoms with Crippen LogP contribution in [0.3, 0.4) is 0 Å². The van der Waals surface area contributed by atoms with E-state index in [9.17, 15) is 4.79 Å². The Balaban J connectivity index is 1.93. The topological polar surface area (TPSA) is 50.4 Å². The fraction of sp³-hybridized carbons (Fsp3) is 0.278. The average Bonchev–Trinajstić information content (AvgIpc) is 2.46. The van der Waals surface area contributed by atoms with Gasteiger partial charge in [0, 0.05) is 24.8 Å². The van der Waals surface area contributed by atoms with Crippen LogP contribution < -0.4 is 15.4 Å². The van der Waals surface area contributed by atoms with E-state index in [1.54, 1.807) is 0 Å². The van der Waals surface area contributed by atoms with Gasteiger partial charge in [-0.15, -0.1) is 0 Å². The number of hydrogen-bond acceptors (Lipinski definition) is 3. The fourth-order valence-electron chi connectivity index (χ4n) is 2.07. The Labute approximate surface area is 131 Å². The molecule has 1 amide bonds. The monoisotopic (exact) mass is 298 g/mol. The maximum Gasteiger partial charge on any atom is 0.221 e. The van der Waals surface area contributed by atoms with Crippen molar-refractivity contribution in [2.45, 2.75) is 33.4 Å². The van der Waals surface area contributed by atoms with Crippen molar-refractivity contribution in [3.8, 4) is 5.75 Å². The van der Waals surface area contributed by atoms with Gasteiger partial charge in [-0.3, -0.25) is 4.79 Å². The second kappa shape index (κ2) is 7.50. The van der Waals surface area contributed by atoms with Crippen molar-refractivity contribution in [1.82, 2.24) is 0 Å². The number of rotatable bonds is 6. The smallest absolute Gasteiger partial charge is 0.221 e. The molecular formula is C18H22N2O2. The molecule has 0 fully saturated rings. The van der Waals surface area contributed by atoms with E-state index in [0.29, 0.717) is 6.54 Å².